The topological polar surface area (TPSA) is 314 Å². The van der Waals surface area contributed by atoms with Crippen LogP contribution in [0.15, 0.2) is 24.3 Å². The number of hydrogen-bond acceptors (Lipinski definition) is 19. The van der Waals surface area contributed by atoms with Crippen LogP contribution in [0, 0.1) is 41.4 Å². The Hall–Kier alpha value is -5.22. The van der Waals surface area contributed by atoms with Gasteiger partial charge in [-0.2, -0.15) is 11.8 Å². The van der Waals surface area contributed by atoms with E-state index >= 15 is 0 Å². The number of nitrogens with one attached hydrogen (secondary N) is 2. The summed E-state index contributed by atoms with van der Waals surface area (Å²) in [6.45, 7) is 18.8. The molecule has 2 saturated heterocycles. The van der Waals surface area contributed by atoms with Crippen LogP contribution >= 0.6 is 11.8 Å². The highest BCUT2D eigenvalue weighted by atomic mass is 32.2. The van der Waals surface area contributed by atoms with Crippen molar-refractivity contribution in [2.24, 2.45) is 47.2 Å². The minimum atomic E-state index is -4.29. The summed E-state index contributed by atoms with van der Waals surface area (Å²) in [7, 11) is 4.07. The van der Waals surface area contributed by atoms with E-state index in [0.717, 1.165) is 0 Å². The molecule has 1 aromatic rings. The number of hydrogen-bond donors (Lipinski definition) is 3. The molecule has 1 aromatic carbocycles. The predicted molar refractivity (Wildman–Crippen MR) is 356 cm³/mol. The van der Waals surface area contributed by atoms with E-state index < -0.39 is 81.6 Å². The number of ketones is 3. The van der Waals surface area contributed by atoms with Gasteiger partial charge in [0, 0.05) is 78.2 Å². The number of carbonyl (C=O) groups is 10. The van der Waals surface area contributed by atoms with E-state index in [0.29, 0.717) is 49.8 Å². The van der Waals surface area contributed by atoms with Crippen LogP contribution in [-0.4, -0.2) is 223 Å². The molecule has 1 unspecified atom stereocenters. The van der Waals surface area contributed by atoms with E-state index in [9.17, 15) is 56.4 Å². The van der Waals surface area contributed by atoms with E-state index in [1.807, 2.05) is 74.4 Å². The summed E-state index contributed by atoms with van der Waals surface area (Å²) >= 11 is 1.35. The second-order valence-electron chi connectivity index (χ2n) is 26.2. The van der Waals surface area contributed by atoms with Gasteiger partial charge in [-0.15, -0.1) is 0 Å². The highest BCUT2D eigenvalue weighted by Crippen LogP contribution is 2.32. The lowest BCUT2D eigenvalue weighted by molar-refractivity contribution is -0.149. The first-order chi connectivity index (χ1) is 43.8. The lowest BCUT2D eigenvalue weighted by Gasteiger charge is -2.41. The fourth-order valence-electron chi connectivity index (χ4n) is 12.5. The Labute approximate surface area is 557 Å². The summed E-state index contributed by atoms with van der Waals surface area (Å²) in [6, 6.07) is 3.80. The first-order valence-corrected chi connectivity index (χ1v) is 35.9. The van der Waals surface area contributed by atoms with Crippen LogP contribution < -0.4 is 15.8 Å². The third-order valence-electron chi connectivity index (χ3n) is 18.0. The zero-order valence-electron chi connectivity index (χ0n) is 58.1. The van der Waals surface area contributed by atoms with Crippen molar-refractivity contribution in [2.75, 3.05) is 94.3 Å². The zero-order valence-corrected chi connectivity index (χ0v) is 59.7. The molecule has 528 valence electrons. The number of amides is 7. The van der Waals surface area contributed by atoms with Crippen molar-refractivity contribution < 1.29 is 80.0 Å². The monoisotopic (exact) mass is 1350 g/mol. The molecule has 24 nitrogen and oxygen atoms in total. The maximum Gasteiger partial charge on any atom is 0.242 e. The van der Waals surface area contributed by atoms with Crippen molar-refractivity contribution >= 4 is 80.5 Å². The van der Waals surface area contributed by atoms with E-state index in [4.69, 9.17) is 29.4 Å². The highest BCUT2D eigenvalue weighted by Gasteiger charge is 2.44. The van der Waals surface area contributed by atoms with Gasteiger partial charge in [0.15, 0.2) is 11.6 Å². The van der Waals surface area contributed by atoms with E-state index in [-0.39, 0.29) is 173 Å². The molecule has 26 heteroatoms. The zero-order chi connectivity index (χ0) is 69.9. The molecular weight excluding hydrogens is 1240 g/mol. The second-order valence-corrected chi connectivity index (χ2v) is 29.0. The number of methoxy groups -OCH3 is 2. The quantitative estimate of drug-likeness (QED) is 0.0559. The normalized spacial score (nSPS) is 18.3. The van der Waals surface area contributed by atoms with Crippen molar-refractivity contribution in [3.8, 4) is 0 Å². The van der Waals surface area contributed by atoms with Gasteiger partial charge in [0.25, 0.3) is 0 Å². The summed E-state index contributed by atoms with van der Waals surface area (Å²) in [5, 5.41) is 2.53. The molecule has 7 amide bonds. The Bertz CT molecular complexity index is 2710. The number of carbonyl (C=O) groups excluding carboxylic acids is 10. The summed E-state index contributed by atoms with van der Waals surface area (Å²) in [4.78, 5) is 140. The predicted octanol–water partition coefficient (Wildman–Crippen LogP) is 5.17. The first-order valence-electron chi connectivity index (χ1n) is 33.0. The van der Waals surface area contributed by atoms with Gasteiger partial charge >= 0.3 is 0 Å². The third-order valence-corrected chi connectivity index (χ3v) is 20.2. The van der Waals surface area contributed by atoms with Crippen molar-refractivity contribution in [3.05, 3.63) is 35.4 Å². The van der Waals surface area contributed by atoms with Crippen molar-refractivity contribution in [3.63, 3.8) is 0 Å². The van der Waals surface area contributed by atoms with Gasteiger partial charge in [-0.05, 0) is 80.8 Å². The molecule has 11 atom stereocenters. The molecule has 2 heterocycles. The smallest absolute Gasteiger partial charge is 0.242 e. The van der Waals surface area contributed by atoms with Gasteiger partial charge < -0.3 is 44.5 Å². The minimum absolute atomic E-state index is 0.00780. The number of thioether (sulfide) groups is 1. The largest absolute Gasteiger partial charge is 0.379 e. The number of primary amides is 1. The molecule has 2 fully saturated rings. The number of nitrogens with two attached hydrogens (primary N) is 1. The maximum atomic E-state index is 14.5. The third kappa shape index (κ3) is 26.4. The molecule has 0 saturated carbocycles. The Morgan fingerprint density at radius 3 is 1.88 bits per heavy atom. The number of imide groups is 1. The van der Waals surface area contributed by atoms with Gasteiger partial charge in [-0.3, -0.25) is 62.5 Å². The van der Waals surface area contributed by atoms with E-state index in [1.54, 1.807) is 42.2 Å². The average molecular weight is 1350 g/mol. The average Bonchev–Trinajstić information content (AvgIpc) is 1.81. The number of likely N-dealkylation sites (N-methyl/N-ethyl adjacent to an activating group) is 2. The Kier molecular flexibility index (Phi) is 36.2. The van der Waals surface area contributed by atoms with Crippen molar-refractivity contribution in [2.45, 2.75) is 193 Å². The Morgan fingerprint density at radius 1 is 0.742 bits per heavy atom. The van der Waals surface area contributed by atoms with Crippen LogP contribution in [0.5, 0.6) is 0 Å². The molecule has 4 N–H and O–H groups in total. The Morgan fingerprint density at radius 2 is 1.34 bits per heavy atom. The van der Waals surface area contributed by atoms with Crippen LogP contribution in [0.3, 0.4) is 0 Å². The van der Waals surface area contributed by atoms with E-state index in [2.05, 4.69) is 10.0 Å². The maximum absolute atomic E-state index is 14.5. The van der Waals surface area contributed by atoms with E-state index in [1.165, 1.54) is 43.0 Å². The number of sulfonamides is 1. The molecular formula is C67H111N7O17S2. The van der Waals surface area contributed by atoms with Crippen LogP contribution in [0.2, 0.25) is 0 Å². The summed E-state index contributed by atoms with van der Waals surface area (Å²) in [6.07, 6.45) is 3.01. The second kappa shape index (κ2) is 41.0. The molecule has 3 rings (SSSR count). The fourth-order valence-corrected chi connectivity index (χ4v) is 14.4. The number of benzene rings is 1. The fraction of sp³-hybridized carbons (Fsp3) is 0.761. The van der Waals surface area contributed by atoms with Crippen LogP contribution in [0.25, 0.3) is 0 Å². The molecule has 0 bridgehead atoms. The van der Waals surface area contributed by atoms with Crippen LogP contribution in [0.4, 0.5) is 0 Å². The van der Waals surface area contributed by atoms with Gasteiger partial charge in [-0.1, -0.05) is 99.4 Å². The molecule has 0 spiro atoms. The number of rotatable bonds is 47. The van der Waals surface area contributed by atoms with Gasteiger partial charge in [0.2, 0.25) is 51.4 Å². The summed E-state index contributed by atoms with van der Waals surface area (Å²) in [5.41, 5.74) is 6.21. The van der Waals surface area contributed by atoms with Gasteiger partial charge in [-0.25, -0.2) is 8.42 Å². The molecule has 93 heavy (non-hydrogen) atoms. The number of ether oxygens (including phenoxy) is 5. The minimum Gasteiger partial charge on any atom is -0.379 e. The summed E-state index contributed by atoms with van der Waals surface area (Å²) in [5.74, 6) is -6.65. The summed E-state index contributed by atoms with van der Waals surface area (Å²) < 4.78 is 58.1. The van der Waals surface area contributed by atoms with Crippen LogP contribution in [-0.2, 0) is 93.8 Å². The number of unbranched alkanes of at least 4 members (excludes halogenated alkanes) is 1. The number of nitrogens with zero attached hydrogens (tertiary/aromatic N) is 4. The molecule has 2 aliphatic heterocycles. The molecule has 0 aromatic heterocycles. The lowest BCUT2D eigenvalue weighted by Crippen LogP contribution is -2.54. The molecule has 0 radical (unpaired) electrons. The van der Waals surface area contributed by atoms with Crippen molar-refractivity contribution in [1.82, 2.24) is 29.6 Å². The first kappa shape index (κ1) is 82.0. The van der Waals surface area contributed by atoms with Crippen LogP contribution in [0.1, 0.15) is 150 Å². The van der Waals surface area contributed by atoms with Gasteiger partial charge in [0.1, 0.15) is 5.78 Å². The van der Waals surface area contributed by atoms with Crippen molar-refractivity contribution in [1.29, 1.82) is 0 Å². The highest BCUT2D eigenvalue weighted by molar-refractivity contribution is 8.00. The number of Topliss-reactive ketones (excluding diaryl/α,β-unsaturated/α-hetero) is 3. The lowest BCUT2D eigenvalue weighted by atomic mass is 9.83. The number of likely N-dealkylation sites (tertiary alicyclic amines) is 2. The Balaban J connectivity index is 1.60. The van der Waals surface area contributed by atoms with Gasteiger partial charge in [0.05, 0.1) is 106 Å². The molecule has 0 aliphatic carbocycles. The SMILES string of the molecule is CC[C@H](C)[C@@H]([C@@H](CC(=O)N1CCC[C@H]1[C@H](OC)[C@@H](C)C(=O)NS(=O)(=O)Cc1ccc(CC(=O)[C@H](CCCCC(N)=O)NC(=O)[C@@H](CC(=O)CCOCCOCCOCCN2C(=O)CC(SC)C2=O)C(C)C)cc1)OC)N(C)C(=O)[C@@H](CC(=O)[C@H](C(C)C)N(C)C)C(C)C. The molecule has 2 aliphatic rings. The standard InChI is InChI=1S/C67H111N7O17S2/c1-16-45(8)62(72(12)66(83)51(43(4)5)38-55(77)61(44(6)7)71(10)11)56(87-13)39-59(79)73-28-19-21-53(73)63(88-14)46(9)64(81)70-93(85,86)41-48-25-23-47(24-26-48)36-54(76)52(20-17-18-22-58(68)78)69-65(82)50(42(2)3)37-49(75)27-30-89-32-34-91-35-33-90-31-29-74-60(80)40-57(92-15)67(74)84/h23-26,42-46,50-53,56-57,61-63H,16-22,27-41H2,1-15H3,(H2,68,78)(H,69,82)(H,70,81)/t45-,46+,50-,51-,52-,53-,56+,57?,61-,62-,63+/m0/s1.